The molecule has 1 aliphatic rings. The molecule has 0 saturated carbocycles. The van der Waals surface area contributed by atoms with E-state index < -0.39 is 0 Å². The van der Waals surface area contributed by atoms with E-state index in [0.717, 1.165) is 28.1 Å². The summed E-state index contributed by atoms with van der Waals surface area (Å²) in [5, 5.41) is 11.3. The van der Waals surface area contributed by atoms with Gasteiger partial charge in [0.15, 0.2) is 0 Å². The van der Waals surface area contributed by atoms with Crippen LogP contribution in [0.2, 0.25) is 5.02 Å². The molecule has 1 amide bonds. The number of anilines is 2. The summed E-state index contributed by atoms with van der Waals surface area (Å²) in [6.45, 7) is 0. The molecule has 8 heteroatoms. The van der Waals surface area contributed by atoms with E-state index in [1.807, 2.05) is 78.9 Å². The Labute approximate surface area is 207 Å². The molecule has 35 heavy (non-hydrogen) atoms. The highest BCUT2D eigenvalue weighted by Gasteiger charge is 2.25. The van der Waals surface area contributed by atoms with Crippen molar-refractivity contribution in [2.45, 2.75) is 6.04 Å². The summed E-state index contributed by atoms with van der Waals surface area (Å²) in [6, 6.07) is 24.8. The number of rotatable bonds is 6. The van der Waals surface area contributed by atoms with Gasteiger partial charge in [-0.2, -0.15) is 4.98 Å². The van der Waals surface area contributed by atoms with Gasteiger partial charge in [-0.1, -0.05) is 66.2 Å². The highest BCUT2D eigenvalue weighted by Crippen LogP contribution is 2.33. The van der Waals surface area contributed by atoms with Crippen molar-refractivity contribution in [3.05, 3.63) is 113 Å². The Bertz CT molecular complexity index is 1390. The maximum atomic E-state index is 12.5. The van der Waals surface area contributed by atoms with Crippen LogP contribution in [-0.2, 0) is 4.79 Å². The predicted octanol–water partition coefficient (Wildman–Crippen LogP) is 5.65. The first-order valence-electron chi connectivity index (χ1n) is 11.0. The van der Waals surface area contributed by atoms with Gasteiger partial charge >= 0.3 is 0 Å². The Morgan fingerprint density at radius 3 is 2.51 bits per heavy atom. The summed E-state index contributed by atoms with van der Waals surface area (Å²) in [7, 11) is 1.61. The minimum absolute atomic E-state index is 0.207. The zero-order chi connectivity index (χ0) is 24.2. The lowest BCUT2D eigenvalue weighted by molar-refractivity contribution is -0.111. The Morgan fingerprint density at radius 2 is 1.80 bits per heavy atom. The molecule has 2 heterocycles. The molecule has 1 atom stereocenters. The lowest BCUT2D eigenvalue weighted by Crippen LogP contribution is -2.20. The molecule has 0 unspecified atom stereocenters. The number of hydrogen-bond donors (Lipinski definition) is 2. The summed E-state index contributed by atoms with van der Waals surface area (Å²) in [5.74, 6) is 1.16. The number of nitrogens with zero attached hydrogens (tertiary/aromatic N) is 3. The smallest absolute Gasteiger partial charge is 0.250 e. The van der Waals surface area contributed by atoms with Gasteiger partial charge in [0.25, 0.3) is 11.9 Å². The number of amides is 1. The molecular formula is C27H22ClN5O2. The van der Waals surface area contributed by atoms with Gasteiger partial charge in [0.1, 0.15) is 11.8 Å². The Hall–Kier alpha value is -4.36. The molecule has 2 N–H and O–H groups in total. The SMILES string of the molecule is COc1ccc(/C=C/C(=O)Nc2nc3n(n2)[C@@H](c2ccc(Cl)cc2)C=C(c2ccccc2)N3)cc1. The van der Waals surface area contributed by atoms with Crippen LogP contribution < -0.4 is 15.4 Å². The van der Waals surface area contributed by atoms with Crippen molar-refractivity contribution in [3.8, 4) is 5.75 Å². The molecule has 0 saturated heterocycles. The van der Waals surface area contributed by atoms with Gasteiger partial charge in [-0.3, -0.25) is 10.1 Å². The largest absolute Gasteiger partial charge is 0.497 e. The van der Waals surface area contributed by atoms with Gasteiger partial charge in [-0.25, -0.2) is 4.68 Å². The van der Waals surface area contributed by atoms with Crippen LogP contribution in [0, 0.1) is 0 Å². The summed E-state index contributed by atoms with van der Waals surface area (Å²) in [4.78, 5) is 17.1. The number of halogens is 1. The molecule has 174 valence electrons. The van der Waals surface area contributed by atoms with Crippen LogP contribution in [0.3, 0.4) is 0 Å². The van der Waals surface area contributed by atoms with E-state index >= 15 is 0 Å². The van der Waals surface area contributed by atoms with Crippen molar-refractivity contribution in [2.75, 3.05) is 17.7 Å². The Morgan fingerprint density at radius 1 is 1.06 bits per heavy atom. The Balaban J connectivity index is 1.40. The van der Waals surface area contributed by atoms with Gasteiger partial charge in [0.05, 0.1) is 7.11 Å². The van der Waals surface area contributed by atoms with E-state index in [9.17, 15) is 4.79 Å². The fraction of sp³-hybridized carbons (Fsp3) is 0.0741. The molecule has 0 radical (unpaired) electrons. The second-order valence-corrected chi connectivity index (χ2v) is 8.30. The molecular weight excluding hydrogens is 462 g/mol. The molecule has 7 nitrogen and oxygen atoms in total. The van der Waals surface area contributed by atoms with Gasteiger partial charge in [-0.15, -0.1) is 5.10 Å². The minimum atomic E-state index is -0.331. The number of fused-ring (bicyclic) bond motifs is 1. The number of hydrogen-bond acceptors (Lipinski definition) is 5. The molecule has 3 aromatic carbocycles. The van der Waals surface area contributed by atoms with Gasteiger partial charge in [0.2, 0.25) is 5.95 Å². The number of ether oxygens (including phenoxy) is 1. The van der Waals surface area contributed by atoms with E-state index in [1.54, 1.807) is 17.9 Å². The predicted molar refractivity (Wildman–Crippen MR) is 138 cm³/mol. The number of aromatic nitrogens is 3. The monoisotopic (exact) mass is 483 g/mol. The highest BCUT2D eigenvalue weighted by molar-refractivity contribution is 6.30. The van der Waals surface area contributed by atoms with Crippen molar-refractivity contribution in [2.24, 2.45) is 0 Å². The second-order valence-electron chi connectivity index (χ2n) is 7.87. The summed E-state index contributed by atoms with van der Waals surface area (Å²) >= 11 is 6.10. The zero-order valence-corrected chi connectivity index (χ0v) is 19.6. The van der Waals surface area contributed by atoms with Crippen molar-refractivity contribution >= 4 is 41.2 Å². The maximum absolute atomic E-state index is 12.5. The first-order chi connectivity index (χ1) is 17.1. The van der Waals surface area contributed by atoms with Gasteiger partial charge in [-0.05, 0) is 53.1 Å². The fourth-order valence-electron chi connectivity index (χ4n) is 3.77. The fourth-order valence-corrected chi connectivity index (χ4v) is 3.89. The normalized spacial score (nSPS) is 14.7. The average Bonchev–Trinajstić information content (AvgIpc) is 3.30. The molecule has 0 aliphatic carbocycles. The van der Waals surface area contributed by atoms with E-state index in [2.05, 4.69) is 26.8 Å². The topological polar surface area (TPSA) is 81.1 Å². The molecule has 1 aromatic heterocycles. The third kappa shape index (κ3) is 5.10. The van der Waals surface area contributed by atoms with Gasteiger partial charge < -0.3 is 10.1 Å². The minimum Gasteiger partial charge on any atom is -0.497 e. The lowest BCUT2D eigenvalue weighted by Gasteiger charge is -2.24. The number of allylic oxidation sites excluding steroid dienone is 1. The van der Waals surface area contributed by atoms with Crippen LogP contribution in [0.15, 0.2) is 91.0 Å². The van der Waals surface area contributed by atoms with E-state index in [-0.39, 0.29) is 17.9 Å². The molecule has 0 spiro atoms. The number of carbonyl (C=O) groups excluding carboxylic acids is 1. The average molecular weight is 484 g/mol. The number of methoxy groups -OCH3 is 1. The standard InChI is InChI=1S/C27H22ClN5O2/c1-35-22-14-7-18(8-15-22)9-16-25(34)30-26-31-27-29-23(19-5-3-2-4-6-19)17-24(33(27)32-26)20-10-12-21(28)13-11-20/h2-17,24H,1H3,(H2,29,30,31,32,34)/b16-9+/t24-/m1/s1. The summed E-state index contributed by atoms with van der Waals surface area (Å²) in [6.07, 6.45) is 5.24. The highest BCUT2D eigenvalue weighted by atomic mass is 35.5. The van der Waals surface area contributed by atoms with Crippen LogP contribution in [0.4, 0.5) is 11.9 Å². The molecule has 0 fully saturated rings. The molecule has 0 bridgehead atoms. The van der Waals surface area contributed by atoms with Crippen LogP contribution in [-0.4, -0.2) is 27.8 Å². The summed E-state index contributed by atoms with van der Waals surface area (Å²) < 4.78 is 6.91. The molecule has 5 rings (SSSR count). The van der Waals surface area contributed by atoms with E-state index in [4.69, 9.17) is 16.3 Å². The van der Waals surface area contributed by atoms with Crippen molar-refractivity contribution in [3.63, 3.8) is 0 Å². The second kappa shape index (κ2) is 9.87. The van der Waals surface area contributed by atoms with Gasteiger partial charge in [0, 0.05) is 16.8 Å². The van der Waals surface area contributed by atoms with E-state index in [0.29, 0.717) is 11.0 Å². The lowest BCUT2D eigenvalue weighted by atomic mass is 10.0. The number of benzene rings is 3. The number of nitrogens with one attached hydrogen (secondary N) is 2. The van der Waals surface area contributed by atoms with Crippen LogP contribution in [0.5, 0.6) is 5.75 Å². The first-order valence-corrected chi connectivity index (χ1v) is 11.4. The van der Waals surface area contributed by atoms with E-state index in [1.165, 1.54) is 6.08 Å². The summed E-state index contributed by atoms with van der Waals surface area (Å²) in [5.41, 5.74) is 3.79. The molecule has 4 aromatic rings. The van der Waals surface area contributed by atoms with Crippen molar-refractivity contribution in [1.29, 1.82) is 0 Å². The quantitative estimate of drug-likeness (QED) is 0.346. The van der Waals surface area contributed by atoms with Crippen molar-refractivity contribution < 1.29 is 9.53 Å². The first kappa shape index (κ1) is 22.4. The zero-order valence-electron chi connectivity index (χ0n) is 18.9. The third-order valence-corrected chi connectivity index (χ3v) is 5.79. The van der Waals surface area contributed by atoms with Crippen LogP contribution >= 0.6 is 11.6 Å². The number of carbonyl (C=O) groups is 1. The Kier molecular flexibility index (Phi) is 6.32. The van der Waals surface area contributed by atoms with Crippen molar-refractivity contribution in [1.82, 2.24) is 14.8 Å². The third-order valence-electron chi connectivity index (χ3n) is 5.54. The maximum Gasteiger partial charge on any atom is 0.250 e. The van der Waals surface area contributed by atoms with Crippen LogP contribution in [0.1, 0.15) is 22.7 Å². The van der Waals surface area contributed by atoms with Crippen LogP contribution in [0.25, 0.3) is 11.8 Å². The molecule has 1 aliphatic heterocycles.